The van der Waals surface area contributed by atoms with Gasteiger partial charge in [0.25, 0.3) is 0 Å². The number of rotatable bonds is 6. The van der Waals surface area contributed by atoms with Crippen LogP contribution in [0.25, 0.3) is 34.0 Å². The van der Waals surface area contributed by atoms with Gasteiger partial charge in [0.15, 0.2) is 17.2 Å². The molecule has 5 rings (SSSR count). The number of carbonyl (C=O) groups is 1. The second-order valence-electron chi connectivity index (χ2n) is 8.30. The summed E-state index contributed by atoms with van der Waals surface area (Å²) < 4.78 is 52.9. The van der Waals surface area contributed by atoms with Crippen molar-refractivity contribution in [1.29, 1.82) is 0 Å². The molecule has 1 atom stereocenters. The van der Waals surface area contributed by atoms with Crippen LogP contribution in [0.15, 0.2) is 57.6 Å². The first-order valence-corrected chi connectivity index (χ1v) is 10.9. The summed E-state index contributed by atoms with van der Waals surface area (Å²) in [6.07, 6.45) is -4.95. The highest BCUT2D eigenvalue weighted by atomic mass is 19.4. The molecule has 2 aromatic heterocycles. The zero-order valence-corrected chi connectivity index (χ0v) is 18.2. The number of nitrogens with zero attached hydrogens (tertiary/aromatic N) is 2. The van der Waals surface area contributed by atoms with Crippen LogP contribution in [0.3, 0.4) is 0 Å². The first-order chi connectivity index (χ1) is 16.7. The highest BCUT2D eigenvalue weighted by molar-refractivity contribution is 5.79. The van der Waals surface area contributed by atoms with Gasteiger partial charge in [0.1, 0.15) is 11.3 Å². The Morgan fingerprint density at radius 3 is 2.43 bits per heavy atom. The number of benzene rings is 2. The fourth-order valence-electron chi connectivity index (χ4n) is 4.38. The van der Waals surface area contributed by atoms with Crippen molar-refractivity contribution in [2.75, 3.05) is 0 Å². The van der Waals surface area contributed by atoms with Crippen LogP contribution in [-0.2, 0) is 23.8 Å². The lowest BCUT2D eigenvalue weighted by molar-refractivity contribution is -0.138. The summed E-state index contributed by atoms with van der Waals surface area (Å²) in [7, 11) is 0. The minimum absolute atomic E-state index is 0.0730. The van der Waals surface area contributed by atoms with E-state index in [4.69, 9.17) is 14.2 Å². The predicted molar refractivity (Wildman–Crippen MR) is 117 cm³/mol. The molecular formula is C25H19F3N2O5. The third-order valence-electron chi connectivity index (χ3n) is 6.06. The highest BCUT2D eigenvalue weighted by Crippen LogP contribution is 2.46. The van der Waals surface area contributed by atoms with Gasteiger partial charge in [-0.15, -0.1) is 0 Å². The normalized spacial score (nSPS) is 13.8. The number of aliphatic hydroxyl groups excluding tert-OH is 1. The van der Waals surface area contributed by atoms with Crippen molar-refractivity contribution >= 4 is 5.97 Å². The average molecular weight is 484 g/mol. The maximum absolute atomic E-state index is 14.1. The summed E-state index contributed by atoms with van der Waals surface area (Å²) in [6, 6.07) is 13.1. The predicted octanol–water partition coefficient (Wildman–Crippen LogP) is 5.68. The number of hydrogen-bond donors (Lipinski definition) is 2. The topological polar surface area (TPSA) is 110 Å². The molecule has 0 amide bonds. The van der Waals surface area contributed by atoms with Gasteiger partial charge in [-0.05, 0) is 30.4 Å². The van der Waals surface area contributed by atoms with E-state index in [-0.39, 0.29) is 24.2 Å². The van der Waals surface area contributed by atoms with Crippen LogP contribution in [0, 0.1) is 0 Å². The molecule has 7 nitrogen and oxygen atoms in total. The Morgan fingerprint density at radius 1 is 1.00 bits per heavy atom. The first-order valence-electron chi connectivity index (χ1n) is 10.9. The van der Waals surface area contributed by atoms with Crippen molar-refractivity contribution < 1.29 is 37.2 Å². The molecule has 0 fully saturated rings. The number of carboxylic acid groups (broad SMARTS) is 1. The van der Waals surface area contributed by atoms with E-state index in [1.165, 1.54) is 12.1 Å². The van der Waals surface area contributed by atoms with E-state index in [0.717, 1.165) is 5.56 Å². The Labute approximate surface area is 196 Å². The third kappa shape index (κ3) is 4.21. The van der Waals surface area contributed by atoms with Crippen molar-refractivity contribution in [2.24, 2.45) is 0 Å². The molecule has 35 heavy (non-hydrogen) atoms. The molecule has 0 saturated carbocycles. The van der Waals surface area contributed by atoms with E-state index in [1.807, 2.05) is 0 Å². The fraction of sp³-hybridized carbons (Fsp3) is 0.240. The molecule has 0 bridgehead atoms. The molecule has 1 unspecified atom stereocenters. The smallest absolute Gasteiger partial charge is 0.422 e. The second-order valence-corrected chi connectivity index (χ2v) is 8.30. The lowest BCUT2D eigenvalue weighted by Gasteiger charge is -2.18. The minimum Gasteiger partial charge on any atom is -0.481 e. The van der Waals surface area contributed by atoms with Crippen molar-refractivity contribution in [3.63, 3.8) is 0 Å². The minimum atomic E-state index is -4.74. The molecule has 2 heterocycles. The van der Waals surface area contributed by atoms with Gasteiger partial charge in [-0.3, -0.25) is 4.79 Å². The van der Waals surface area contributed by atoms with Gasteiger partial charge >= 0.3 is 12.1 Å². The van der Waals surface area contributed by atoms with Crippen LogP contribution in [0.5, 0.6) is 0 Å². The number of aryl methyl sites for hydroxylation is 1. The number of carboxylic acids is 1. The van der Waals surface area contributed by atoms with Crippen molar-refractivity contribution in [3.8, 4) is 34.0 Å². The van der Waals surface area contributed by atoms with Gasteiger partial charge in [0.05, 0.1) is 6.10 Å². The zero-order valence-electron chi connectivity index (χ0n) is 18.2. The lowest BCUT2D eigenvalue weighted by atomic mass is 9.86. The summed E-state index contributed by atoms with van der Waals surface area (Å²) >= 11 is 0. The van der Waals surface area contributed by atoms with Crippen LogP contribution < -0.4 is 0 Å². The summed E-state index contributed by atoms with van der Waals surface area (Å²) in [4.78, 5) is 10.8. The second kappa shape index (κ2) is 8.70. The SMILES string of the molecule is O=C(O)CCC(O)c1ccc2c(c1)CCc1c-2noc1-c1noc(-c2ccccc2)c1C(F)(F)F. The molecule has 2 N–H and O–H groups in total. The molecule has 1 aliphatic carbocycles. The molecule has 0 spiro atoms. The van der Waals surface area contributed by atoms with Crippen molar-refractivity contribution in [1.82, 2.24) is 10.3 Å². The number of halogens is 3. The molecule has 0 radical (unpaired) electrons. The van der Waals surface area contributed by atoms with E-state index in [0.29, 0.717) is 35.2 Å². The number of aliphatic hydroxyl groups is 1. The summed E-state index contributed by atoms with van der Waals surface area (Å²) in [5.41, 5.74) is 1.76. The largest absolute Gasteiger partial charge is 0.481 e. The first kappa shape index (κ1) is 22.9. The van der Waals surface area contributed by atoms with Crippen LogP contribution >= 0.6 is 0 Å². The Morgan fingerprint density at radius 2 is 1.71 bits per heavy atom. The van der Waals surface area contributed by atoms with Crippen molar-refractivity contribution in [3.05, 3.63) is 70.8 Å². The Hall–Kier alpha value is -3.92. The zero-order chi connectivity index (χ0) is 24.7. The molecule has 1 aliphatic rings. The highest BCUT2D eigenvalue weighted by Gasteiger charge is 2.43. The lowest BCUT2D eigenvalue weighted by Crippen LogP contribution is -2.09. The molecule has 0 saturated heterocycles. The van der Waals surface area contributed by atoms with Gasteiger partial charge in [0.2, 0.25) is 0 Å². The monoisotopic (exact) mass is 484 g/mol. The van der Waals surface area contributed by atoms with Gasteiger partial charge < -0.3 is 19.3 Å². The van der Waals surface area contributed by atoms with E-state index < -0.39 is 35.3 Å². The van der Waals surface area contributed by atoms with E-state index in [1.54, 1.807) is 36.4 Å². The number of hydrogen-bond acceptors (Lipinski definition) is 6. The van der Waals surface area contributed by atoms with Crippen LogP contribution in [0.2, 0.25) is 0 Å². The molecule has 0 aliphatic heterocycles. The molecule has 10 heteroatoms. The quantitative estimate of drug-likeness (QED) is 0.362. The molecule has 4 aromatic rings. The van der Waals surface area contributed by atoms with Crippen LogP contribution in [0.4, 0.5) is 13.2 Å². The van der Waals surface area contributed by atoms with E-state index in [2.05, 4.69) is 10.3 Å². The van der Waals surface area contributed by atoms with Crippen LogP contribution in [-0.4, -0.2) is 26.5 Å². The average Bonchev–Trinajstić information content (AvgIpc) is 3.47. The molecular weight excluding hydrogens is 465 g/mol. The number of alkyl halides is 3. The number of aromatic nitrogens is 2. The Bertz CT molecular complexity index is 1390. The van der Waals surface area contributed by atoms with Gasteiger partial charge in [-0.25, -0.2) is 0 Å². The Kier molecular flexibility index (Phi) is 5.68. The maximum Gasteiger partial charge on any atom is 0.422 e. The summed E-state index contributed by atoms with van der Waals surface area (Å²) in [5.74, 6) is -1.48. The standard InChI is InChI=1S/C25H19F3N2O5/c26-25(27,28)20-22(30-34-23(20)13-4-2-1-3-5-13)24-17-9-6-14-12-15(18(31)10-11-19(32)33)7-8-16(14)21(17)29-35-24/h1-5,7-8,12,18,31H,6,9-11H2,(H,32,33). The number of aliphatic carboxylic acids is 1. The van der Waals surface area contributed by atoms with Crippen LogP contribution in [0.1, 0.15) is 41.2 Å². The fourth-order valence-corrected chi connectivity index (χ4v) is 4.38. The third-order valence-corrected chi connectivity index (χ3v) is 6.06. The van der Waals surface area contributed by atoms with Gasteiger partial charge in [0, 0.05) is 23.1 Å². The summed E-state index contributed by atoms with van der Waals surface area (Å²) in [5, 5.41) is 26.9. The summed E-state index contributed by atoms with van der Waals surface area (Å²) in [6.45, 7) is 0. The molecule has 2 aromatic carbocycles. The Balaban J connectivity index is 1.54. The van der Waals surface area contributed by atoms with Crippen molar-refractivity contribution in [2.45, 2.75) is 38.0 Å². The number of fused-ring (bicyclic) bond motifs is 3. The van der Waals surface area contributed by atoms with E-state index >= 15 is 0 Å². The van der Waals surface area contributed by atoms with Gasteiger partial charge in [-0.2, -0.15) is 13.2 Å². The molecule has 180 valence electrons. The maximum atomic E-state index is 14.1. The van der Waals surface area contributed by atoms with Gasteiger partial charge in [-0.1, -0.05) is 58.8 Å². The van der Waals surface area contributed by atoms with E-state index in [9.17, 15) is 23.1 Å².